The second kappa shape index (κ2) is 6.30. The maximum absolute atomic E-state index is 13.7. The van der Waals surface area contributed by atoms with Gasteiger partial charge in [-0.15, -0.1) is 0 Å². The molecule has 1 aliphatic rings. The van der Waals surface area contributed by atoms with Crippen LogP contribution in [-0.4, -0.2) is 35.6 Å². The van der Waals surface area contributed by atoms with Crippen molar-refractivity contribution in [3.8, 4) is 0 Å². The van der Waals surface area contributed by atoms with Crippen LogP contribution in [0.1, 0.15) is 25.3 Å². The smallest absolute Gasteiger partial charge is 0.135 e. The molecule has 19 heavy (non-hydrogen) atoms. The number of hydrogen-bond acceptors (Lipinski definition) is 3. The normalized spacial score (nSPS) is 17.4. The summed E-state index contributed by atoms with van der Waals surface area (Å²) in [5, 5.41) is 3.31. The molecule has 0 bridgehead atoms. The third kappa shape index (κ3) is 3.64. The van der Waals surface area contributed by atoms with Gasteiger partial charge >= 0.3 is 0 Å². The Morgan fingerprint density at radius 2 is 2.16 bits per heavy atom. The average Bonchev–Trinajstić information content (AvgIpc) is 2.81. The number of rotatable bonds is 5. The van der Waals surface area contributed by atoms with Crippen molar-refractivity contribution in [2.45, 2.75) is 25.8 Å². The lowest BCUT2D eigenvalue weighted by molar-refractivity contribution is 0.328. The predicted octanol–water partition coefficient (Wildman–Crippen LogP) is 2.36. The van der Waals surface area contributed by atoms with E-state index in [1.54, 1.807) is 6.07 Å². The first-order chi connectivity index (χ1) is 9.08. The van der Waals surface area contributed by atoms with Crippen molar-refractivity contribution in [1.29, 1.82) is 0 Å². The molecular formula is C14H20FN3S. The molecule has 5 heteroatoms. The zero-order chi connectivity index (χ0) is 13.8. The Balaban J connectivity index is 2.05. The number of halogens is 1. The van der Waals surface area contributed by atoms with E-state index >= 15 is 0 Å². The van der Waals surface area contributed by atoms with Crippen LogP contribution in [0.3, 0.4) is 0 Å². The minimum atomic E-state index is -0.370. The van der Waals surface area contributed by atoms with Crippen LogP contribution in [0.2, 0.25) is 0 Å². The summed E-state index contributed by atoms with van der Waals surface area (Å²) in [6.07, 6.45) is 2.54. The van der Waals surface area contributed by atoms with E-state index in [9.17, 15) is 4.39 Å². The molecule has 0 amide bonds. The summed E-state index contributed by atoms with van der Waals surface area (Å²) in [6, 6.07) is 5.10. The molecule has 1 aromatic rings. The summed E-state index contributed by atoms with van der Waals surface area (Å²) < 4.78 is 13.7. The van der Waals surface area contributed by atoms with Gasteiger partial charge in [-0.1, -0.05) is 18.3 Å². The number of thiocarbonyl (C=S) groups is 1. The lowest BCUT2D eigenvalue weighted by Gasteiger charge is -2.23. The zero-order valence-corrected chi connectivity index (χ0v) is 12.0. The van der Waals surface area contributed by atoms with Gasteiger partial charge in [0.15, 0.2) is 0 Å². The highest BCUT2D eigenvalue weighted by molar-refractivity contribution is 7.80. The van der Waals surface area contributed by atoms with Crippen LogP contribution in [-0.2, 0) is 0 Å². The van der Waals surface area contributed by atoms with E-state index in [4.69, 9.17) is 18.0 Å². The average molecular weight is 281 g/mol. The monoisotopic (exact) mass is 281 g/mol. The topological polar surface area (TPSA) is 41.3 Å². The first-order valence-corrected chi connectivity index (χ1v) is 7.06. The number of nitrogens with zero attached hydrogens (tertiary/aromatic N) is 1. The fraction of sp³-hybridized carbons (Fsp3) is 0.500. The van der Waals surface area contributed by atoms with Crippen molar-refractivity contribution in [2.24, 2.45) is 5.73 Å². The highest BCUT2D eigenvalue weighted by Gasteiger charge is 2.17. The van der Waals surface area contributed by atoms with Gasteiger partial charge in [0, 0.05) is 18.3 Å². The van der Waals surface area contributed by atoms with Crippen LogP contribution in [0.25, 0.3) is 0 Å². The first-order valence-electron chi connectivity index (χ1n) is 6.65. The molecule has 0 aromatic heterocycles. The molecule has 1 fully saturated rings. The van der Waals surface area contributed by atoms with Gasteiger partial charge in [-0.3, -0.25) is 0 Å². The third-order valence-corrected chi connectivity index (χ3v) is 3.60. The standard InChI is InChI=1S/C14H20FN3S/c1-10(9-18-7-2-3-8-18)17-12-6-4-5-11(15)13(12)14(16)19/h4-6,10,17H,2-3,7-9H2,1H3,(H2,16,19). The Labute approximate surface area is 119 Å². The Bertz CT molecular complexity index is 458. The minimum absolute atomic E-state index is 0.0916. The summed E-state index contributed by atoms with van der Waals surface area (Å²) in [5.41, 5.74) is 6.59. The summed E-state index contributed by atoms with van der Waals surface area (Å²) in [4.78, 5) is 2.51. The van der Waals surface area contributed by atoms with E-state index in [2.05, 4.69) is 17.1 Å². The summed E-state index contributed by atoms with van der Waals surface area (Å²) in [7, 11) is 0. The molecule has 0 saturated carbocycles. The number of nitrogens with two attached hydrogens (primary N) is 1. The van der Waals surface area contributed by atoms with Crippen molar-refractivity contribution < 1.29 is 4.39 Å². The molecule has 1 heterocycles. The second-order valence-corrected chi connectivity index (χ2v) is 5.52. The van der Waals surface area contributed by atoms with Crippen LogP contribution in [0.15, 0.2) is 18.2 Å². The van der Waals surface area contributed by atoms with E-state index in [-0.39, 0.29) is 16.8 Å². The van der Waals surface area contributed by atoms with Gasteiger partial charge in [0.1, 0.15) is 10.8 Å². The predicted molar refractivity (Wildman–Crippen MR) is 81.0 cm³/mol. The van der Waals surface area contributed by atoms with Crippen LogP contribution in [0.4, 0.5) is 10.1 Å². The number of anilines is 1. The number of likely N-dealkylation sites (tertiary alicyclic amines) is 1. The Kier molecular flexibility index (Phi) is 4.71. The molecule has 0 aliphatic carbocycles. The fourth-order valence-electron chi connectivity index (χ4n) is 2.56. The Hall–Kier alpha value is -1.20. The molecular weight excluding hydrogens is 261 g/mol. The maximum Gasteiger partial charge on any atom is 0.135 e. The molecule has 3 nitrogen and oxygen atoms in total. The minimum Gasteiger partial charge on any atom is -0.389 e. The van der Waals surface area contributed by atoms with Crippen molar-refractivity contribution in [2.75, 3.05) is 25.0 Å². The SMILES string of the molecule is CC(CN1CCCC1)Nc1cccc(F)c1C(N)=S. The number of nitrogens with one attached hydrogen (secondary N) is 1. The molecule has 1 aromatic carbocycles. The van der Waals surface area contributed by atoms with E-state index in [1.165, 1.54) is 18.9 Å². The van der Waals surface area contributed by atoms with E-state index in [1.807, 2.05) is 6.07 Å². The summed E-state index contributed by atoms with van der Waals surface area (Å²) in [6.45, 7) is 5.34. The highest BCUT2D eigenvalue weighted by Crippen LogP contribution is 2.20. The van der Waals surface area contributed by atoms with Crippen LogP contribution in [0.5, 0.6) is 0 Å². The molecule has 1 unspecified atom stereocenters. The van der Waals surface area contributed by atoms with Crippen molar-refractivity contribution >= 4 is 22.9 Å². The molecule has 3 N–H and O–H groups in total. The molecule has 1 aliphatic heterocycles. The maximum atomic E-state index is 13.7. The van der Waals surface area contributed by atoms with Crippen molar-refractivity contribution in [1.82, 2.24) is 4.90 Å². The van der Waals surface area contributed by atoms with Gasteiger partial charge in [0.2, 0.25) is 0 Å². The van der Waals surface area contributed by atoms with Crippen LogP contribution >= 0.6 is 12.2 Å². The molecule has 0 spiro atoms. The molecule has 0 radical (unpaired) electrons. The van der Waals surface area contributed by atoms with Crippen LogP contribution in [0, 0.1) is 5.82 Å². The lowest BCUT2D eigenvalue weighted by Crippen LogP contribution is -2.33. The van der Waals surface area contributed by atoms with Gasteiger partial charge in [-0.2, -0.15) is 0 Å². The lowest BCUT2D eigenvalue weighted by atomic mass is 10.1. The third-order valence-electron chi connectivity index (χ3n) is 3.39. The van der Waals surface area contributed by atoms with E-state index in [0.29, 0.717) is 11.3 Å². The van der Waals surface area contributed by atoms with Crippen molar-refractivity contribution in [3.63, 3.8) is 0 Å². The van der Waals surface area contributed by atoms with Crippen LogP contribution < -0.4 is 11.1 Å². The van der Waals surface area contributed by atoms with Crippen molar-refractivity contribution in [3.05, 3.63) is 29.6 Å². The van der Waals surface area contributed by atoms with Gasteiger partial charge in [0.05, 0.1) is 5.56 Å². The molecule has 1 saturated heterocycles. The Morgan fingerprint density at radius 3 is 2.79 bits per heavy atom. The molecule has 104 valence electrons. The van der Waals surface area contributed by atoms with Gasteiger partial charge < -0.3 is 16.0 Å². The highest BCUT2D eigenvalue weighted by atomic mass is 32.1. The van der Waals surface area contributed by atoms with Gasteiger partial charge in [-0.05, 0) is 45.0 Å². The summed E-state index contributed by atoms with van der Waals surface area (Å²) >= 11 is 4.92. The molecule has 1 atom stereocenters. The largest absolute Gasteiger partial charge is 0.389 e. The quantitative estimate of drug-likeness (QED) is 0.813. The first kappa shape index (κ1) is 14.2. The summed E-state index contributed by atoms with van der Waals surface area (Å²) in [5.74, 6) is -0.370. The zero-order valence-electron chi connectivity index (χ0n) is 11.2. The van der Waals surface area contributed by atoms with E-state index in [0.717, 1.165) is 19.6 Å². The number of benzene rings is 1. The molecule has 2 rings (SSSR count). The van der Waals surface area contributed by atoms with Gasteiger partial charge in [-0.25, -0.2) is 4.39 Å². The number of hydrogen-bond donors (Lipinski definition) is 2. The van der Waals surface area contributed by atoms with Gasteiger partial charge in [0.25, 0.3) is 0 Å². The second-order valence-electron chi connectivity index (χ2n) is 5.08. The van der Waals surface area contributed by atoms with E-state index < -0.39 is 0 Å². The Morgan fingerprint density at radius 1 is 1.47 bits per heavy atom. The fourth-order valence-corrected chi connectivity index (χ4v) is 2.77.